The molecular formula is C19H23N3O2. The first-order valence-corrected chi connectivity index (χ1v) is 9.00. The predicted octanol–water partition coefficient (Wildman–Crippen LogP) is 3.42. The van der Waals surface area contributed by atoms with E-state index in [9.17, 15) is 4.79 Å². The van der Waals surface area contributed by atoms with Gasteiger partial charge in [-0.05, 0) is 49.3 Å². The molecule has 0 bridgehead atoms. The van der Waals surface area contributed by atoms with E-state index in [1.54, 1.807) is 0 Å². The fraction of sp³-hybridized carbons (Fsp3) is 0.526. The Labute approximate surface area is 142 Å². The normalized spacial score (nSPS) is 20.5. The summed E-state index contributed by atoms with van der Waals surface area (Å²) >= 11 is 0. The van der Waals surface area contributed by atoms with Gasteiger partial charge in [0, 0.05) is 25.1 Å². The number of hydrogen-bond acceptors (Lipinski definition) is 4. The molecule has 24 heavy (non-hydrogen) atoms. The van der Waals surface area contributed by atoms with Crippen molar-refractivity contribution >= 4 is 11.6 Å². The van der Waals surface area contributed by atoms with Gasteiger partial charge in [0.2, 0.25) is 11.8 Å². The molecular weight excluding hydrogens is 302 g/mol. The zero-order valence-electron chi connectivity index (χ0n) is 14.1. The molecule has 0 N–H and O–H groups in total. The van der Waals surface area contributed by atoms with Gasteiger partial charge in [-0.25, -0.2) is 0 Å². The average Bonchev–Trinajstić information content (AvgIpc) is 3.21. The molecule has 2 heterocycles. The molecule has 1 aliphatic heterocycles. The summed E-state index contributed by atoms with van der Waals surface area (Å²) in [6.07, 6.45) is 6.91. The number of aryl methyl sites for hydroxylation is 2. The monoisotopic (exact) mass is 325 g/mol. The van der Waals surface area contributed by atoms with Crippen LogP contribution in [-0.4, -0.2) is 22.6 Å². The van der Waals surface area contributed by atoms with Gasteiger partial charge in [0.25, 0.3) is 0 Å². The van der Waals surface area contributed by atoms with Gasteiger partial charge >= 0.3 is 0 Å². The number of fused-ring (bicyclic) bond motifs is 1. The minimum absolute atomic E-state index is 0.00931. The summed E-state index contributed by atoms with van der Waals surface area (Å²) in [4.78, 5) is 19.0. The van der Waals surface area contributed by atoms with Crippen molar-refractivity contribution in [3.63, 3.8) is 0 Å². The SMILES string of the molecule is CCCc1noc(C2CC(=O)N(c3cccc4c3CCCC4)C2)n1. The highest BCUT2D eigenvalue weighted by atomic mass is 16.5. The molecule has 2 aromatic rings. The van der Waals surface area contributed by atoms with Crippen LogP contribution >= 0.6 is 0 Å². The van der Waals surface area contributed by atoms with Crippen molar-refractivity contribution in [2.75, 3.05) is 11.4 Å². The highest BCUT2D eigenvalue weighted by Crippen LogP contribution is 2.36. The minimum atomic E-state index is 0.00931. The number of hydrogen-bond donors (Lipinski definition) is 0. The molecule has 126 valence electrons. The number of carbonyl (C=O) groups excluding carboxylic acids is 1. The van der Waals surface area contributed by atoms with Crippen molar-refractivity contribution in [2.24, 2.45) is 0 Å². The lowest BCUT2D eigenvalue weighted by Gasteiger charge is -2.25. The summed E-state index contributed by atoms with van der Waals surface area (Å²) in [7, 11) is 0. The van der Waals surface area contributed by atoms with E-state index in [1.807, 2.05) is 4.90 Å². The van der Waals surface area contributed by atoms with Gasteiger partial charge in [-0.1, -0.05) is 24.2 Å². The Bertz CT molecular complexity index is 753. The Hall–Kier alpha value is -2.17. The number of anilines is 1. The summed E-state index contributed by atoms with van der Waals surface area (Å²) in [5.41, 5.74) is 3.85. The van der Waals surface area contributed by atoms with Crippen LogP contribution in [0, 0.1) is 0 Å². The first kappa shape index (κ1) is 15.4. The van der Waals surface area contributed by atoms with Gasteiger partial charge in [-0.3, -0.25) is 4.79 Å². The molecule has 1 amide bonds. The second kappa shape index (κ2) is 6.38. The number of benzene rings is 1. The van der Waals surface area contributed by atoms with Crippen LogP contribution in [0.4, 0.5) is 5.69 Å². The Morgan fingerprint density at radius 1 is 1.29 bits per heavy atom. The van der Waals surface area contributed by atoms with Gasteiger partial charge in [-0.15, -0.1) is 0 Å². The van der Waals surface area contributed by atoms with Crippen LogP contribution in [0.1, 0.15) is 61.4 Å². The van der Waals surface area contributed by atoms with Crippen LogP contribution < -0.4 is 4.90 Å². The first-order chi connectivity index (χ1) is 11.8. The van der Waals surface area contributed by atoms with Crippen molar-refractivity contribution in [3.05, 3.63) is 41.0 Å². The van der Waals surface area contributed by atoms with E-state index in [4.69, 9.17) is 4.52 Å². The number of amides is 1. The maximum atomic E-state index is 12.6. The van der Waals surface area contributed by atoms with Crippen molar-refractivity contribution in [3.8, 4) is 0 Å². The maximum Gasteiger partial charge on any atom is 0.232 e. The van der Waals surface area contributed by atoms with E-state index in [-0.39, 0.29) is 11.8 Å². The fourth-order valence-electron chi connectivity index (χ4n) is 3.88. The van der Waals surface area contributed by atoms with E-state index in [1.165, 1.54) is 24.0 Å². The van der Waals surface area contributed by atoms with Gasteiger partial charge in [0.15, 0.2) is 5.82 Å². The van der Waals surface area contributed by atoms with E-state index in [0.717, 1.165) is 37.2 Å². The quantitative estimate of drug-likeness (QED) is 0.864. The smallest absolute Gasteiger partial charge is 0.232 e. The molecule has 1 aromatic heterocycles. The maximum absolute atomic E-state index is 12.6. The van der Waals surface area contributed by atoms with E-state index < -0.39 is 0 Å². The topological polar surface area (TPSA) is 59.2 Å². The Balaban J connectivity index is 1.58. The molecule has 1 saturated heterocycles. The van der Waals surface area contributed by atoms with Crippen LogP contribution in [0.5, 0.6) is 0 Å². The van der Waals surface area contributed by atoms with E-state index in [2.05, 4.69) is 35.3 Å². The lowest BCUT2D eigenvalue weighted by molar-refractivity contribution is -0.117. The lowest BCUT2D eigenvalue weighted by Crippen LogP contribution is -2.26. The third-order valence-electron chi connectivity index (χ3n) is 5.09. The minimum Gasteiger partial charge on any atom is -0.339 e. The third kappa shape index (κ3) is 2.72. The fourth-order valence-corrected chi connectivity index (χ4v) is 3.88. The van der Waals surface area contributed by atoms with Crippen LogP contribution in [-0.2, 0) is 24.1 Å². The summed E-state index contributed by atoms with van der Waals surface area (Å²) in [6.45, 7) is 2.73. The first-order valence-electron chi connectivity index (χ1n) is 9.00. The second-order valence-electron chi connectivity index (χ2n) is 6.83. The molecule has 0 spiro atoms. The van der Waals surface area contributed by atoms with Crippen molar-refractivity contribution < 1.29 is 9.32 Å². The van der Waals surface area contributed by atoms with Crippen molar-refractivity contribution in [1.29, 1.82) is 0 Å². The predicted molar refractivity (Wildman–Crippen MR) is 91.1 cm³/mol. The molecule has 1 atom stereocenters. The molecule has 2 aliphatic rings. The number of nitrogens with zero attached hydrogens (tertiary/aromatic N) is 3. The summed E-state index contributed by atoms with van der Waals surface area (Å²) in [5, 5.41) is 4.03. The number of aromatic nitrogens is 2. The highest BCUT2D eigenvalue weighted by Gasteiger charge is 2.36. The Morgan fingerprint density at radius 2 is 2.17 bits per heavy atom. The molecule has 4 rings (SSSR count). The zero-order chi connectivity index (χ0) is 16.5. The van der Waals surface area contributed by atoms with Crippen LogP contribution in [0.2, 0.25) is 0 Å². The number of carbonyl (C=O) groups is 1. The largest absolute Gasteiger partial charge is 0.339 e. The molecule has 0 saturated carbocycles. The average molecular weight is 325 g/mol. The second-order valence-corrected chi connectivity index (χ2v) is 6.83. The molecule has 0 radical (unpaired) electrons. The molecule has 5 heteroatoms. The zero-order valence-corrected chi connectivity index (χ0v) is 14.1. The molecule has 1 unspecified atom stereocenters. The van der Waals surface area contributed by atoms with Gasteiger partial charge in [0.05, 0.1) is 5.92 Å². The van der Waals surface area contributed by atoms with E-state index in [0.29, 0.717) is 18.9 Å². The third-order valence-corrected chi connectivity index (χ3v) is 5.09. The summed E-state index contributed by atoms with van der Waals surface area (Å²) < 4.78 is 5.41. The van der Waals surface area contributed by atoms with Crippen molar-refractivity contribution in [1.82, 2.24) is 10.1 Å². The standard InChI is InChI=1S/C19H23N3O2/c1-2-6-17-20-19(24-21-17)14-11-18(23)22(12-14)16-10-5-8-13-7-3-4-9-15(13)16/h5,8,10,14H,2-4,6-7,9,11-12H2,1H3. The van der Waals surface area contributed by atoms with Gasteiger partial charge < -0.3 is 9.42 Å². The van der Waals surface area contributed by atoms with Gasteiger partial charge in [0.1, 0.15) is 0 Å². The van der Waals surface area contributed by atoms with E-state index >= 15 is 0 Å². The summed E-state index contributed by atoms with van der Waals surface area (Å²) in [5.74, 6) is 1.53. The lowest BCUT2D eigenvalue weighted by atomic mass is 9.90. The van der Waals surface area contributed by atoms with Crippen LogP contribution in [0.3, 0.4) is 0 Å². The van der Waals surface area contributed by atoms with Crippen LogP contribution in [0.15, 0.2) is 22.7 Å². The molecule has 5 nitrogen and oxygen atoms in total. The molecule has 1 fully saturated rings. The molecule has 1 aromatic carbocycles. The Morgan fingerprint density at radius 3 is 3.04 bits per heavy atom. The Kier molecular flexibility index (Phi) is 4.08. The summed E-state index contributed by atoms with van der Waals surface area (Å²) in [6, 6.07) is 6.36. The molecule has 1 aliphatic carbocycles. The van der Waals surface area contributed by atoms with Crippen LogP contribution in [0.25, 0.3) is 0 Å². The highest BCUT2D eigenvalue weighted by molar-refractivity contribution is 5.97. The van der Waals surface area contributed by atoms with Crippen molar-refractivity contribution in [2.45, 2.75) is 57.8 Å². The van der Waals surface area contributed by atoms with Gasteiger partial charge in [-0.2, -0.15) is 4.98 Å². The number of rotatable bonds is 4.